The molecule has 0 radical (unpaired) electrons. The minimum atomic E-state index is -3.43. The van der Waals surface area contributed by atoms with Gasteiger partial charge in [0.05, 0.1) is 23.9 Å². The van der Waals surface area contributed by atoms with E-state index in [1.54, 1.807) is 41.2 Å². The van der Waals surface area contributed by atoms with Crippen molar-refractivity contribution < 1.29 is 8.42 Å². The number of aryl methyl sites for hydroxylation is 1. The number of aromatic nitrogens is 2. The van der Waals surface area contributed by atoms with Crippen LogP contribution in [0.1, 0.15) is 17.0 Å². The summed E-state index contributed by atoms with van der Waals surface area (Å²) in [4.78, 5) is 4.12. The minimum Gasteiger partial charge on any atom is -0.337 e. The summed E-state index contributed by atoms with van der Waals surface area (Å²) in [7, 11) is -0.0705. The van der Waals surface area contributed by atoms with E-state index in [0.29, 0.717) is 17.0 Å². The second-order valence-corrected chi connectivity index (χ2v) is 6.85. The van der Waals surface area contributed by atoms with Crippen molar-refractivity contribution in [2.75, 3.05) is 7.05 Å². The average Bonchev–Trinajstić information content (AvgIpc) is 2.85. The van der Waals surface area contributed by atoms with Gasteiger partial charge in [-0.3, -0.25) is 0 Å². The molecule has 0 saturated heterocycles. The van der Waals surface area contributed by atoms with Crippen LogP contribution in [-0.2, 0) is 29.4 Å². The maximum absolute atomic E-state index is 12.3. The van der Waals surface area contributed by atoms with Gasteiger partial charge in [0.25, 0.3) is 0 Å². The first kappa shape index (κ1) is 15.2. The predicted molar refractivity (Wildman–Crippen MR) is 78.5 cm³/mol. The van der Waals surface area contributed by atoms with Crippen molar-refractivity contribution in [2.24, 2.45) is 7.05 Å². The van der Waals surface area contributed by atoms with E-state index in [-0.39, 0.29) is 12.3 Å². The molecule has 0 atom stereocenters. The van der Waals surface area contributed by atoms with Gasteiger partial charge in [-0.15, -0.1) is 0 Å². The van der Waals surface area contributed by atoms with Crippen LogP contribution in [0.15, 0.2) is 36.7 Å². The Morgan fingerprint density at radius 1 is 1.33 bits per heavy atom. The lowest BCUT2D eigenvalue weighted by Crippen LogP contribution is -2.28. The number of rotatable bonds is 5. The molecule has 0 unspecified atom stereocenters. The molecular weight excluding hydrogens is 288 g/mol. The van der Waals surface area contributed by atoms with Gasteiger partial charge < -0.3 is 4.57 Å². The second-order valence-electron chi connectivity index (χ2n) is 4.78. The molecule has 0 fully saturated rings. The highest BCUT2D eigenvalue weighted by Crippen LogP contribution is 2.12. The molecule has 1 heterocycles. The first-order valence-corrected chi connectivity index (χ1v) is 7.92. The Kier molecular flexibility index (Phi) is 4.40. The SMILES string of the molecule is CN(Cc1nccn1C)S(=O)(=O)Cc1ccc(C#N)cc1. The van der Waals surface area contributed by atoms with E-state index >= 15 is 0 Å². The molecule has 0 aliphatic carbocycles. The molecule has 0 amide bonds. The van der Waals surface area contributed by atoms with Gasteiger partial charge >= 0.3 is 0 Å². The fraction of sp³-hybridized carbons (Fsp3) is 0.286. The standard InChI is InChI=1S/C14H16N4O2S/c1-17-8-7-16-14(17)10-18(2)21(19,20)11-13-5-3-12(9-15)4-6-13/h3-8H,10-11H2,1-2H3. The van der Waals surface area contributed by atoms with Gasteiger partial charge in [-0.25, -0.2) is 13.4 Å². The molecule has 7 heteroatoms. The van der Waals surface area contributed by atoms with E-state index in [0.717, 1.165) is 0 Å². The van der Waals surface area contributed by atoms with Crippen LogP contribution < -0.4 is 0 Å². The van der Waals surface area contributed by atoms with Crippen molar-refractivity contribution in [2.45, 2.75) is 12.3 Å². The molecule has 21 heavy (non-hydrogen) atoms. The van der Waals surface area contributed by atoms with E-state index in [9.17, 15) is 8.42 Å². The molecule has 0 spiro atoms. The monoisotopic (exact) mass is 304 g/mol. The normalized spacial score (nSPS) is 11.5. The summed E-state index contributed by atoms with van der Waals surface area (Å²) in [5, 5.41) is 8.73. The Hall–Kier alpha value is -2.17. The lowest BCUT2D eigenvalue weighted by Gasteiger charge is -2.17. The topological polar surface area (TPSA) is 79.0 Å². The third-order valence-electron chi connectivity index (χ3n) is 3.19. The number of hydrogen-bond acceptors (Lipinski definition) is 4. The van der Waals surface area contributed by atoms with Gasteiger partial charge in [0.2, 0.25) is 10.0 Å². The second kappa shape index (κ2) is 6.08. The Bertz CT molecular complexity index is 757. The number of benzene rings is 1. The molecular formula is C14H16N4O2S. The zero-order valence-electron chi connectivity index (χ0n) is 11.9. The number of imidazole rings is 1. The number of hydrogen-bond donors (Lipinski definition) is 0. The molecule has 0 aliphatic rings. The fourth-order valence-corrected chi connectivity index (χ4v) is 2.99. The van der Waals surface area contributed by atoms with Crippen LogP contribution in [0.4, 0.5) is 0 Å². The molecule has 0 bridgehead atoms. The summed E-state index contributed by atoms with van der Waals surface area (Å²) in [6.07, 6.45) is 3.41. The highest BCUT2D eigenvalue weighted by molar-refractivity contribution is 7.88. The van der Waals surface area contributed by atoms with E-state index in [2.05, 4.69) is 4.98 Å². The van der Waals surface area contributed by atoms with Crippen LogP contribution in [0.2, 0.25) is 0 Å². The van der Waals surface area contributed by atoms with Crippen molar-refractivity contribution in [3.05, 3.63) is 53.6 Å². The molecule has 2 aromatic rings. The summed E-state index contributed by atoms with van der Waals surface area (Å²) in [6.45, 7) is 0.224. The molecule has 110 valence electrons. The van der Waals surface area contributed by atoms with Crippen molar-refractivity contribution in [1.29, 1.82) is 5.26 Å². The van der Waals surface area contributed by atoms with E-state index in [1.165, 1.54) is 11.4 Å². The molecule has 0 aliphatic heterocycles. The predicted octanol–water partition coefficient (Wildman–Crippen LogP) is 1.25. The lowest BCUT2D eigenvalue weighted by atomic mass is 10.2. The van der Waals surface area contributed by atoms with E-state index in [1.807, 2.05) is 13.1 Å². The van der Waals surface area contributed by atoms with Gasteiger partial charge in [-0.05, 0) is 17.7 Å². The summed E-state index contributed by atoms with van der Waals surface area (Å²) in [5.41, 5.74) is 1.17. The van der Waals surface area contributed by atoms with Crippen LogP contribution in [0.5, 0.6) is 0 Å². The van der Waals surface area contributed by atoms with Crippen LogP contribution in [0.3, 0.4) is 0 Å². The molecule has 1 aromatic carbocycles. The average molecular weight is 304 g/mol. The highest BCUT2D eigenvalue weighted by atomic mass is 32.2. The number of nitriles is 1. The molecule has 1 aromatic heterocycles. The summed E-state index contributed by atoms with van der Waals surface area (Å²) in [6, 6.07) is 8.55. The zero-order valence-corrected chi connectivity index (χ0v) is 12.7. The molecule has 2 rings (SSSR count). The van der Waals surface area contributed by atoms with Gasteiger partial charge in [-0.2, -0.15) is 9.57 Å². The Balaban J connectivity index is 2.10. The Labute approximate surface area is 124 Å². The lowest BCUT2D eigenvalue weighted by molar-refractivity contribution is 0.450. The molecule has 0 N–H and O–H groups in total. The first-order valence-electron chi connectivity index (χ1n) is 6.31. The first-order chi connectivity index (χ1) is 9.92. The largest absolute Gasteiger partial charge is 0.337 e. The summed E-state index contributed by atoms with van der Waals surface area (Å²) < 4.78 is 27.7. The van der Waals surface area contributed by atoms with Crippen molar-refractivity contribution in [3.63, 3.8) is 0 Å². The molecule has 6 nitrogen and oxygen atoms in total. The maximum Gasteiger partial charge on any atom is 0.218 e. The number of nitrogens with zero attached hydrogens (tertiary/aromatic N) is 4. The number of sulfonamides is 1. The highest BCUT2D eigenvalue weighted by Gasteiger charge is 2.20. The fourth-order valence-electron chi connectivity index (χ4n) is 1.84. The quantitative estimate of drug-likeness (QED) is 0.833. The summed E-state index contributed by atoms with van der Waals surface area (Å²) >= 11 is 0. The van der Waals surface area contributed by atoms with Crippen molar-refractivity contribution in [3.8, 4) is 6.07 Å². The van der Waals surface area contributed by atoms with Gasteiger partial charge in [0, 0.05) is 26.5 Å². The third kappa shape index (κ3) is 3.68. The van der Waals surface area contributed by atoms with Gasteiger partial charge in [0.1, 0.15) is 5.82 Å². The van der Waals surface area contributed by atoms with Crippen LogP contribution in [0, 0.1) is 11.3 Å². The third-order valence-corrected chi connectivity index (χ3v) is 4.97. The zero-order chi connectivity index (χ0) is 15.5. The molecule has 0 saturated carbocycles. The van der Waals surface area contributed by atoms with Crippen LogP contribution in [0.25, 0.3) is 0 Å². The van der Waals surface area contributed by atoms with Gasteiger partial charge in [0.15, 0.2) is 0 Å². The van der Waals surface area contributed by atoms with Crippen molar-refractivity contribution in [1.82, 2.24) is 13.9 Å². The smallest absolute Gasteiger partial charge is 0.218 e. The maximum atomic E-state index is 12.3. The van der Waals surface area contributed by atoms with Crippen LogP contribution in [-0.4, -0.2) is 29.3 Å². The van der Waals surface area contributed by atoms with Crippen LogP contribution >= 0.6 is 0 Å². The van der Waals surface area contributed by atoms with Gasteiger partial charge in [-0.1, -0.05) is 12.1 Å². The minimum absolute atomic E-state index is 0.0976. The van der Waals surface area contributed by atoms with E-state index in [4.69, 9.17) is 5.26 Å². The van der Waals surface area contributed by atoms with Crippen molar-refractivity contribution >= 4 is 10.0 Å². The Morgan fingerprint density at radius 3 is 2.52 bits per heavy atom. The van der Waals surface area contributed by atoms with E-state index < -0.39 is 10.0 Å². The summed E-state index contributed by atoms with van der Waals surface area (Å²) in [5.74, 6) is 0.584. The Morgan fingerprint density at radius 2 is 2.00 bits per heavy atom.